The lowest BCUT2D eigenvalue weighted by molar-refractivity contribution is -0.136. The lowest BCUT2D eigenvalue weighted by Gasteiger charge is -2.29. The maximum Gasteiger partial charge on any atom is 0.254 e. The zero-order valence-electron chi connectivity index (χ0n) is 12.7. The Balaban J connectivity index is 2.23. The number of carbonyl (C=O) groups is 3. The molecule has 0 aliphatic carbocycles. The van der Waals surface area contributed by atoms with Gasteiger partial charge in [-0.05, 0) is 18.6 Å². The number of amides is 3. The van der Waals surface area contributed by atoms with E-state index in [4.69, 9.17) is 9.47 Å². The van der Waals surface area contributed by atoms with Gasteiger partial charge in [0.1, 0.15) is 17.5 Å². The zero-order valence-corrected chi connectivity index (χ0v) is 12.7. The average molecular weight is 306 g/mol. The fourth-order valence-corrected chi connectivity index (χ4v) is 2.33. The van der Waals surface area contributed by atoms with Crippen molar-refractivity contribution in [3.8, 4) is 11.5 Å². The summed E-state index contributed by atoms with van der Waals surface area (Å²) in [5, 5.41) is 2.24. The van der Waals surface area contributed by atoms with Crippen molar-refractivity contribution in [2.75, 3.05) is 21.3 Å². The summed E-state index contributed by atoms with van der Waals surface area (Å²) in [7, 11) is 4.52. The molecule has 1 N–H and O–H groups in total. The van der Waals surface area contributed by atoms with Crippen LogP contribution in [0.1, 0.15) is 23.2 Å². The second-order valence-corrected chi connectivity index (χ2v) is 4.98. The van der Waals surface area contributed by atoms with Crippen molar-refractivity contribution in [2.24, 2.45) is 0 Å². The molecular formula is C15H18N2O5. The highest BCUT2D eigenvalue weighted by molar-refractivity contribution is 6.03. The third-order valence-electron chi connectivity index (χ3n) is 3.60. The molecule has 0 spiro atoms. The highest BCUT2D eigenvalue weighted by Gasteiger charge is 2.32. The molecule has 0 saturated carbocycles. The zero-order chi connectivity index (χ0) is 16.3. The number of nitrogens with zero attached hydrogens (tertiary/aromatic N) is 1. The van der Waals surface area contributed by atoms with Crippen molar-refractivity contribution in [2.45, 2.75) is 18.9 Å². The van der Waals surface area contributed by atoms with Gasteiger partial charge in [0.15, 0.2) is 0 Å². The molecule has 3 amide bonds. The molecule has 22 heavy (non-hydrogen) atoms. The van der Waals surface area contributed by atoms with Crippen LogP contribution in [0.4, 0.5) is 0 Å². The summed E-state index contributed by atoms with van der Waals surface area (Å²) < 4.78 is 10.3. The average Bonchev–Trinajstić information content (AvgIpc) is 2.53. The standard InChI is InChI=1S/C15H18N2O5/c1-17(12-4-5-13(18)16-14(12)19)15(20)9-6-10(21-2)8-11(7-9)22-3/h6-8,12H,4-5H2,1-3H3,(H,16,18,19). The molecule has 118 valence electrons. The van der Waals surface area contributed by atoms with Crippen LogP contribution in [0.2, 0.25) is 0 Å². The molecule has 7 nitrogen and oxygen atoms in total. The second kappa shape index (κ2) is 6.46. The van der Waals surface area contributed by atoms with E-state index in [0.29, 0.717) is 23.5 Å². The van der Waals surface area contributed by atoms with E-state index < -0.39 is 11.9 Å². The minimum absolute atomic E-state index is 0.218. The summed E-state index contributed by atoms with van der Waals surface area (Å²) in [6.07, 6.45) is 0.531. The number of methoxy groups -OCH3 is 2. The molecule has 1 atom stereocenters. The number of carbonyl (C=O) groups excluding carboxylic acids is 3. The van der Waals surface area contributed by atoms with Crippen LogP contribution in [0.25, 0.3) is 0 Å². The maximum absolute atomic E-state index is 12.6. The van der Waals surface area contributed by atoms with Gasteiger partial charge in [0.25, 0.3) is 5.91 Å². The Bertz CT molecular complexity index is 592. The molecule has 1 aromatic rings. The number of ether oxygens (including phenoxy) is 2. The van der Waals surface area contributed by atoms with Crippen LogP contribution >= 0.6 is 0 Å². The first-order valence-corrected chi connectivity index (χ1v) is 6.80. The molecule has 0 bridgehead atoms. The fourth-order valence-electron chi connectivity index (χ4n) is 2.33. The Morgan fingerprint density at radius 3 is 2.27 bits per heavy atom. The Labute approximate surface area is 128 Å². The van der Waals surface area contributed by atoms with Gasteiger partial charge in [0.2, 0.25) is 11.8 Å². The molecule has 1 aliphatic rings. The molecule has 2 rings (SSSR count). The summed E-state index contributed by atoms with van der Waals surface area (Å²) in [5.74, 6) is -0.141. The van der Waals surface area contributed by atoms with E-state index in [0.717, 1.165) is 0 Å². The monoisotopic (exact) mass is 306 g/mol. The first-order chi connectivity index (χ1) is 10.5. The number of nitrogens with one attached hydrogen (secondary N) is 1. The molecule has 1 aromatic carbocycles. The number of hydrogen-bond donors (Lipinski definition) is 1. The number of benzene rings is 1. The van der Waals surface area contributed by atoms with Gasteiger partial charge < -0.3 is 14.4 Å². The van der Waals surface area contributed by atoms with Crippen molar-refractivity contribution in [1.82, 2.24) is 10.2 Å². The van der Waals surface area contributed by atoms with E-state index >= 15 is 0 Å². The SMILES string of the molecule is COc1cc(OC)cc(C(=O)N(C)C2CCC(=O)NC2=O)c1. The van der Waals surface area contributed by atoms with Crippen LogP contribution in [0.5, 0.6) is 11.5 Å². The maximum atomic E-state index is 12.6. The largest absolute Gasteiger partial charge is 0.497 e. The summed E-state index contributed by atoms with van der Waals surface area (Å²) in [6, 6.07) is 4.14. The number of likely N-dealkylation sites (N-methyl/N-ethyl adjacent to an activating group) is 1. The molecular weight excluding hydrogens is 288 g/mol. The lowest BCUT2D eigenvalue weighted by Crippen LogP contribution is -2.52. The Hall–Kier alpha value is -2.57. The highest BCUT2D eigenvalue weighted by atomic mass is 16.5. The van der Waals surface area contributed by atoms with Gasteiger partial charge in [0.05, 0.1) is 14.2 Å². The van der Waals surface area contributed by atoms with Crippen LogP contribution < -0.4 is 14.8 Å². The quantitative estimate of drug-likeness (QED) is 0.823. The molecule has 1 fully saturated rings. The normalized spacial score (nSPS) is 17.7. The summed E-state index contributed by atoms with van der Waals surface area (Å²) in [6.45, 7) is 0. The minimum atomic E-state index is -0.664. The fraction of sp³-hybridized carbons (Fsp3) is 0.400. The summed E-state index contributed by atoms with van der Waals surface area (Å²) in [4.78, 5) is 36.9. The predicted molar refractivity (Wildman–Crippen MR) is 77.8 cm³/mol. The van der Waals surface area contributed by atoms with Crippen LogP contribution in [-0.2, 0) is 9.59 Å². The van der Waals surface area contributed by atoms with Gasteiger partial charge in [-0.2, -0.15) is 0 Å². The highest BCUT2D eigenvalue weighted by Crippen LogP contribution is 2.24. The van der Waals surface area contributed by atoms with Crippen LogP contribution in [0.3, 0.4) is 0 Å². The van der Waals surface area contributed by atoms with Gasteiger partial charge in [-0.1, -0.05) is 0 Å². The van der Waals surface area contributed by atoms with Crippen molar-refractivity contribution in [1.29, 1.82) is 0 Å². The van der Waals surface area contributed by atoms with Gasteiger partial charge in [-0.25, -0.2) is 0 Å². The van der Waals surface area contributed by atoms with Crippen LogP contribution in [-0.4, -0.2) is 49.9 Å². The van der Waals surface area contributed by atoms with E-state index in [1.165, 1.54) is 26.2 Å². The predicted octanol–water partition coefficient (Wildman–Crippen LogP) is 0.581. The Morgan fingerprint density at radius 2 is 1.77 bits per heavy atom. The topological polar surface area (TPSA) is 84.9 Å². The van der Waals surface area contributed by atoms with Crippen LogP contribution in [0.15, 0.2) is 18.2 Å². The number of imide groups is 1. The lowest BCUT2D eigenvalue weighted by atomic mass is 10.0. The van der Waals surface area contributed by atoms with E-state index in [1.54, 1.807) is 18.2 Å². The van der Waals surface area contributed by atoms with Gasteiger partial charge >= 0.3 is 0 Å². The first-order valence-electron chi connectivity index (χ1n) is 6.80. The molecule has 0 radical (unpaired) electrons. The number of hydrogen-bond acceptors (Lipinski definition) is 5. The van der Waals surface area contributed by atoms with Crippen LogP contribution in [0, 0.1) is 0 Å². The molecule has 1 heterocycles. The van der Waals surface area contributed by atoms with E-state index in [1.807, 2.05) is 0 Å². The Morgan fingerprint density at radius 1 is 1.18 bits per heavy atom. The summed E-state index contributed by atoms with van der Waals surface area (Å²) in [5.41, 5.74) is 0.350. The van der Waals surface area contributed by atoms with Crippen molar-refractivity contribution in [3.63, 3.8) is 0 Å². The van der Waals surface area contributed by atoms with Gasteiger partial charge in [0, 0.05) is 25.1 Å². The molecule has 1 saturated heterocycles. The summed E-state index contributed by atoms with van der Waals surface area (Å²) >= 11 is 0. The van der Waals surface area contributed by atoms with Gasteiger partial charge in [-0.15, -0.1) is 0 Å². The van der Waals surface area contributed by atoms with E-state index in [-0.39, 0.29) is 18.2 Å². The number of piperidine rings is 1. The second-order valence-electron chi connectivity index (χ2n) is 4.98. The first kappa shape index (κ1) is 15.8. The van der Waals surface area contributed by atoms with Crippen molar-refractivity contribution >= 4 is 17.7 Å². The Kier molecular flexibility index (Phi) is 4.65. The van der Waals surface area contributed by atoms with Crippen molar-refractivity contribution < 1.29 is 23.9 Å². The van der Waals surface area contributed by atoms with Crippen molar-refractivity contribution in [3.05, 3.63) is 23.8 Å². The number of rotatable bonds is 4. The third kappa shape index (κ3) is 3.19. The smallest absolute Gasteiger partial charge is 0.254 e. The molecule has 1 unspecified atom stereocenters. The molecule has 7 heteroatoms. The molecule has 1 aliphatic heterocycles. The molecule has 0 aromatic heterocycles. The van der Waals surface area contributed by atoms with Gasteiger partial charge in [-0.3, -0.25) is 19.7 Å². The van der Waals surface area contributed by atoms with E-state index in [2.05, 4.69) is 5.32 Å². The minimum Gasteiger partial charge on any atom is -0.497 e. The van der Waals surface area contributed by atoms with E-state index in [9.17, 15) is 14.4 Å². The third-order valence-corrected chi connectivity index (χ3v) is 3.60.